The number of nitrogens with zero attached hydrogens (tertiary/aromatic N) is 3. The maximum atomic E-state index is 12.7. The van der Waals surface area contributed by atoms with E-state index in [2.05, 4.69) is 26.5 Å². The summed E-state index contributed by atoms with van der Waals surface area (Å²) in [5, 5.41) is 12.0. The predicted octanol–water partition coefficient (Wildman–Crippen LogP) is 1.60. The van der Waals surface area contributed by atoms with Gasteiger partial charge in [0.2, 0.25) is 5.91 Å². The zero-order valence-electron chi connectivity index (χ0n) is 17.8. The molecule has 30 heavy (non-hydrogen) atoms. The van der Waals surface area contributed by atoms with Gasteiger partial charge in [0.1, 0.15) is 11.8 Å². The van der Waals surface area contributed by atoms with Gasteiger partial charge in [-0.15, -0.1) is 5.10 Å². The fraction of sp³-hybridized carbons (Fsp3) is 0.696. The Kier molecular flexibility index (Phi) is 5.88. The Morgan fingerprint density at radius 3 is 2.93 bits per heavy atom. The topological polar surface area (TPSA) is 77.4 Å². The summed E-state index contributed by atoms with van der Waals surface area (Å²) in [5.74, 6) is 2.39. The van der Waals surface area contributed by atoms with E-state index in [1.165, 1.54) is 38.6 Å². The molecule has 0 radical (unpaired) electrons. The third-order valence-electron chi connectivity index (χ3n) is 7.62. The maximum absolute atomic E-state index is 12.7. The molecule has 1 amide bonds. The Balaban J connectivity index is 1.13. The Hall–Kier alpha value is -2.15. The van der Waals surface area contributed by atoms with Crippen molar-refractivity contribution in [1.82, 2.24) is 20.3 Å². The quantitative estimate of drug-likeness (QED) is 0.724. The summed E-state index contributed by atoms with van der Waals surface area (Å²) in [7, 11) is 0. The molecule has 3 aliphatic heterocycles. The van der Waals surface area contributed by atoms with E-state index in [9.17, 15) is 4.79 Å². The van der Waals surface area contributed by atoms with Crippen LogP contribution in [0.5, 0.6) is 0 Å². The first-order valence-corrected chi connectivity index (χ1v) is 11.8. The van der Waals surface area contributed by atoms with E-state index in [0.717, 1.165) is 49.7 Å². The highest BCUT2D eigenvalue weighted by atomic mass is 16.3. The molecule has 4 atom stereocenters. The standard InChI is InChI=1S/C23H33N5O2/c29-23(24-13-21-7-4-10-30-21)22-16-27-9-8-18(22)12-20(27)15-28-14-19(25-26-28)11-17-5-2-1-3-6-17/h4,7,10,14,17-18,20,22H,1-3,5-6,8-9,11-13,15-16H2,(H,24,29)/p+1/t18-,20-,22+/m1/s1. The number of nitrogens with one attached hydrogen (secondary N) is 2. The molecule has 1 unspecified atom stereocenters. The van der Waals surface area contributed by atoms with Crippen LogP contribution < -0.4 is 10.2 Å². The number of amides is 1. The lowest BCUT2D eigenvalue weighted by molar-refractivity contribution is -0.945. The average molecular weight is 413 g/mol. The van der Waals surface area contributed by atoms with Crippen molar-refractivity contribution in [1.29, 1.82) is 0 Å². The molecule has 4 fully saturated rings. The van der Waals surface area contributed by atoms with E-state index in [1.54, 1.807) is 11.2 Å². The zero-order valence-corrected chi connectivity index (χ0v) is 17.8. The fourth-order valence-electron chi connectivity index (χ4n) is 5.97. The van der Waals surface area contributed by atoms with Crippen LogP contribution in [0, 0.1) is 17.8 Å². The number of hydrogen-bond donors (Lipinski definition) is 2. The van der Waals surface area contributed by atoms with Gasteiger partial charge < -0.3 is 14.6 Å². The van der Waals surface area contributed by atoms with Gasteiger partial charge in [0, 0.05) is 19.0 Å². The van der Waals surface area contributed by atoms with Crippen LogP contribution in [0.25, 0.3) is 0 Å². The SMILES string of the molecule is O=C(NCc1ccco1)[C@H]1C[NH+]2CC[C@@H]1C[C@@H]2Cn1cc(CC2CCCCC2)nn1. The lowest BCUT2D eigenvalue weighted by atomic mass is 9.75. The summed E-state index contributed by atoms with van der Waals surface area (Å²) in [6, 6.07) is 4.30. The molecule has 2 N–H and O–H groups in total. The number of carbonyl (C=O) groups is 1. The van der Waals surface area contributed by atoms with E-state index in [1.807, 2.05) is 12.1 Å². The number of piperidine rings is 3. The first-order valence-electron chi connectivity index (χ1n) is 11.8. The molecule has 0 aromatic carbocycles. The minimum atomic E-state index is 0.123. The summed E-state index contributed by atoms with van der Waals surface area (Å²) in [4.78, 5) is 14.3. The summed E-state index contributed by atoms with van der Waals surface area (Å²) in [6.07, 6.45) is 14.0. The number of hydrogen-bond acceptors (Lipinski definition) is 4. The summed E-state index contributed by atoms with van der Waals surface area (Å²) >= 11 is 0. The van der Waals surface area contributed by atoms with Gasteiger partial charge in [-0.3, -0.25) is 4.79 Å². The second-order valence-electron chi connectivity index (χ2n) is 9.64. The summed E-state index contributed by atoms with van der Waals surface area (Å²) in [6.45, 7) is 3.50. The zero-order chi connectivity index (χ0) is 20.3. The van der Waals surface area contributed by atoms with E-state index in [4.69, 9.17) is 4.42 Å². The molecular formula is C23H34N5O2+. The molecule has 1 aliphatic carbocycles. The molecule has 7 heteroatoms. The number of furan rings is 1. The third kappa shape index (κ3) is 4.46. The molecule has 3 saturated heterocycles. The first kappa shape index (κ1) is 19.8. The van der Waals surface area contributed by atoms with Crippen LogP contribution in [0.4, 0.5) is 0 Å². The van der Waals surface area contributed by atoms with Crippen LogP contribution in [-0.4, -0.2) is 40.0 Å². The highest BCUT2D eigenvalue weighted by Gasteiger charge is 2.46. The number of aromatic nitrogens is 3. The number of rotatable bonds is 7. The van der Waals surface area contributed by atoms with Gasteiger partial charge in [0.05, 0.1) is 44.1 Å². The molecule has 2 bridgehead atoms. The summed E-state index contributed by atoms with van der Waals surface area (Å²) in [5.41, 5.74) is 1.16. The molecule has 0 spiro atoms. The van der Waals surface area contributed by atoms with Crippen molar-refractivity contribution in [2.75, 3.05) is 13.1 Å². The molecule has 1 saturated carbocycles. The van der Waals surface area contributed by atoms with Crippen molar-refractivity contribution in [3.8, 4) is 0 Å². The highest BCUT2D eigenvalue weighted by Crippen LogP contribution is 2.28. The molecule has 2 aromatic heterocycles. The van der Waals surface area contributed by atoms with E-state index in [-0.39, 0.29) is 11.8 Å². The number of quaternary nitrogens is 1. The number of carbonyl (C=O) groups excluding carboxylic acids is 1. The fourth-order valence-corrected chi connectivity index (χ4v) is 5.97. The van der Waals surface area contributed by atoms with Crippen molar-refractivity contribution >= 4 is 5.91 Å². The van der Waals surface area contributed by atoms with Gasteiger partial charge in [-0.25, -0.2) is 4.68 Å². The second-order valence-corrected chi connectivity index (χ2v) is 9.64. The van der Waals surface area contributed by atoms with E-state index in [0.29, 0.717) is 18.5 Å². The Bertz CT molecular complexity index is 827. The van der Waals surface area contributed by atoms with Crippen molar-refractivity contribution in [2.24, 2.45) is 17.8 Å². The van der Waals surface area contributed by atoms with Crippen LogP contribution in [0.15, 0.2) is 29.0 Å². The Morgan fingerprint density at radius 1 is 1.27 bits per heavy atom. The van der Waals surface area contributed by atoms with Gasteiger partial charge >= 0.3 is 0 Å². The first-order chi connectivity index (χ1) is 14.7. The van der Waals surface area contributed by atoms with Crippen molar-refractivity contribution in [3.05, 3.63) is 36.0 Å². The van der Waals surface area contributed by atoms with E-state index < -0.39 is 0 Å². The lowest BCUT2D eigenvalue weighted by Crippen LogP contribution is -3.20. The molecule has 7 nitrogen and oxygen atoms in total. The minimum absolute atomic E-state index is 0.123. The van der Waals surface area contributed by atoms with Gasteiger partial charge in [-0.1, -0.05) is 37.3 Å². The predicted molar refractivity (Wildman–Crippen MR) is 112 cm³/mol. The lowest BCUT2D eigenvalue weighted by Gasteiger charge is -2.46. The van der Waals surface area contributed by atoms with Gasteiger partial charge in [0.25, 0.3) is 0 Å². The minimum Gasteiger partial charge on any atom is -0.467 e. The Morgan fingerprint density at radius 2 is 2.17 bits per heavy atom. The van der Waals surface area contributed by atoms with Crippen molar-refractivity contribution in [2.45, 2.75) is 70.5 Å². The van der Waals surface area contributed by atoms with Gasteiger partial charge in [0.15, 0.2) is 0 Å². The summed E-state index contributed by atoms with van der Waals surface area (Å²) < 4.78 is 7.39. The van der Waals surface area contributed by atoms with E-state index >= 15 is 0 Å². The largest absolute Gasteiger partial charge is 0.467 e. The molecule has 4 aliphatic rings. The third-order valence-corrected chi connectivity index (χ3v) is 7.62. The average Bonchev–Trinajstić information content (AvgIpc) is 3.45. The molecule has 5 heterocycles. The normalized spacial score (nSPS) is 29.2. The van der Waals surface area contributed by atoms with Crippen LogP contribution >= 0.6 is 0 Å². The number of fused-ring (bicyclic) bond motifs is 3. The maximum Gasteiger partial charge on any atom is 0.229 e. The Labute approximate surface area is 178 Å². The van der Waals surface area contributed by atoms with Gasteiger partial charge in [-0.2, -0.15) is 0 Å². The monoisotopic (exact) mass is 412 g/mol. The molecule has 2 aromatic rings. The second kappa shape index (κ2) is 8.92. The molecule has 162 valence electrons. The van der Waals surface area contributed by atoms with Crippen molar-refractivity contribution in [3.63, 3.8) is 0 Å². The van der Waals surface area contributed by atoms with Crippen LogP contribution in [0.3, 0.4) is 0 Å². The molecular weight excluding hydrogens is 378 g/mol. The van der Waals surface area contributed by atoms with Crippen LogP contribution in [0.2, 0.25) is 0 Å². The van der Waals surface area contributed by atoms with Crippen LogP contribution in [-0.2, 0) is 24.3 Å². The smallest absolute Gasteiger partial charge is 0.229 e. The molecule has 6 rings (SSSR count). The van der Waals surface area contributed by atoms with Gasteiger partial charge in [-0.05, 0) is 30.4 Å². The van der Waals surface area contributed by atoms with Crippen molar-refractivity contribution < 1.29 is 14.1 Å². The highest BCUT2D eigenvalue weighted by molar-refractivity contribution is 5.79. The van der Waals surface area contributed by atoms with Crippen LogP contribution in [0.1, 0.15) is 56.4 Å².